The quantitative estimate of drug-likeness (QED) is 0.0515. The summed E-state index contributed by atoms with van der Waals surface area (Å²) in [5.74, 6) is -6.76. The van der Waals surface area contributed by atoms with E-state index >= 15 is 0 Å². The number of aryl methyl sites for hydroxylation is 4. The number of nitrogens with one attached hydrogen (secondary N) is 4. The average molecular weight is 1780 g/mol. The van der Waals surface area contributed by atoms with Crippen LogP contribution in [-0.2, 0) is 40.1 Å². The normalized spacial score (nSPS) is 17.7. The van der Waals surface area contributed by atoms with Crippen molar-refractivity contribution in [2.45, 2.75) is 183 Å². The number of alkyl halides is 4. The Labute approximate surface area is 729 Å². The standard InChI is InChI=1S/C26H32N4O2S.C25H30N4O2S.2C21H22F2N4O2S/c1-19-15-20(8-12-28-19)22-16-21-7-11-27-18-25(21)26(17-22)29-23-9-13-30(14-10-23)33(31,32)24-5-3-2-4-6-24;1-18-14-19(7-11-27-18)21-15-20-6-10-26-17-24(20)25(16-21)28-22-8-12-29(13-9-22)32(30,31)23-4-2-3-5-23;1-14-10-15(3-7-25-14)17-11-16-2-6-24-13-19(16)20(12-17)26-18-4-8-27(9-5-18)30(28,29)21(22)23;1-14-2-3-16(12-25-14)17-10-15-4-7-24-13-19(15)20(11-17)26-18-5-8-27(9-6-18)30(28,29)21(22)23/h7-8,11-12,15-18,23-24,29H,2-6,9-10,13-14H2,1H3;6-7,10-11,14-17,22-23,28H,2-5,8-9,12-13H2,1H3;2-3,6-7,10-13,18,21,26H,4-5,8-9H2,1H3;2-4,7,10-13,18,21,26H,5-6,8-9H2,1H3. The Balaban J connectivity index is 0.000000129. The Morgan fingerprint density at radius 3 is 0.840 bits per heavy atom. The molecule has 32 heteroatoms. The molecule has 0 bridgehead atoms. The van der Waals surface area contributed by atoms with Crippen LogP contribution in [0.2, 0.25) is 0 Å². The summed E-state index contributed by atoms with van der Waals surface area (Å²) in [5.41, 5.74) is 16.3. The zero-order chi connectivity index (χ0) is 87.6. The highest BCUT2D eigenvalue weighted by molar-refractivity contribution is 7.90. The number of rotatable bonds is 20. The number of fused-ring (bicyclic) bond motifs is 4. The van der Waals surface area contributed by atoms with Crippen LogP contribution in [0.1, 0.15) is 132 Å². The van der Waals surface area contributed by atoms with E-state index < -0.39 is 51.6 Å². The molecule has 0 atom stereocenters. The van der Waals surface area contributed by atoms with Gasteiger partial charge in [0.1, 0.15) is 0 Å². The number of pyridine rings is 8. The van der Waals surface area contributed by atoms with Crippen molar-refractivity contribution in [1.82, 2.24) is 57.1 Å². The Morgan fingerprint density at radius 2 is 0.568 bits per heavy atom. The monoisotopic (exact) mass is 1780 g/mol. The third-order valence-electron chi connectivity index (χ3n) is 24.8. The van der Waals surface area contributed by atoms with Gasteiger partial charge in [0.05, 0.1) is 10.5 Å². The largest absolute Gasteiger partial charge is 0.382 e. The second-order valence-electron chi connectivity index (χ2n) is 33.4. The van der Waals surface area contributed by atoms with Gasteiger partial charge in [-0.15, -0.1) is 0 Å². The molecule has 0 spiro atoms. The topological polar surface area (TPSA) is 301 Å². The fraction of sp³-hybridized carbons (Fsp3) is 0.398. The van der Waals surface area contributed by atoms with Crippen molar-refractivity contribution in [3.05, 3.63) is 218 Å². The predicted octanol–water partition coefficient (Wildman–Crippen LogP) is 18.0. The fourth-order valence-corrected chi connectivity index (χ4v) is 23.9. The third-order valence-corrected chi connectivity index (χ3v) is 32.7. The smallest absolute Gasteiger partial charge is 0.350 e. The second-order valence-corrected chi connectivity index (χ2v) is 41.6. The molecular formula is C93H106F4N16O8S4. The highest BCUT2D eigenvalue weighted by atomic mass is 32.2. The van der Waals surface area contributed by atoms with Crippen molar-refractivity contribution < 1.29 is 51.2 Å². The van der Waals surface area contributed by atoms with E-state index in [1.165, 1.54) is 6.42 Å². The van der Waals surface area contributed by atoms with Crippen LogP contribution in [-0.4, -0.2) is 189 Å². The third kappa shape index (κ3) is 21.5. The van der Waals surface area contributed by atoms with Gasteiger partial charge in [0.25, 0.3) is 20.0 Å². The first-order valence-corrected chi connectivity index (χ1v) is 49.0. The molecule has 4 N–H and O–H groups in total. The van der Waals surface area contributed by atoms with Crippen LogP contribution in [0, 0.1) is 27.7 Å². The lowest BCUT2D eigenvalue weighted by atomic mass is 9.99. The number of halogens is 4. The molecule has 4 saturated heterocycles. The van der Waals surface area contributed by atoms with E-state index in [2.05, 4.69) is 110 Å². The van der Waals surface area contributed by atoms with Crippen LogP contribution in [0.15, 0.2) is 196 Å². The molecule has 12 aromatic rings. The van der Waals surface area contributed by atoms with Crippen molar-refractivity contribution >= 4 is 106 Å². The molecule has 125 heavy (non-hydrogen) atoms. The van der Waals surface area contributed by atoms with Gasteiger partial charge in [0.2, 0.25) is 20.0 Å². The maximum atomic E-state index is 13.1. The molecule has 4 aromatic carbocycles. The summed E-state index contributed by atoms with van der Waals surface area (Å²) in [7, 11) is -15.4. The lowest BCUT2D eigenvalue weighted by Gasteiger charge is -2.35. The molecule has 12 heterocycles. The van der Waals surface area contributed by atoms with E-state index in [1.54, 1.807) is 39.6 Å². The number of aromatic nitrogens is 8. The molecule has 6 aliphatic rings. The van der Waals surface area contributed by atoms with Crippen LogP contribution >= 0.6 is 0 Å². The van der Waals surface area contributed by atoms with Gasteiger partial charge in [-0.05, 0) is 280 Å². The van der Waals surface area contributed by atoms with Crippen LogP contribution in [0.3, 0.4) is 0 Å². The Bertz CT molecular complexity index is 6270. The fourth-order valence-electron chi connectivity index (χ4n) is 17.8. The Morgan fingerprint density at radius 1 is 0.288 bits per heavy atom. The minimum Gasteiger partial charge on any atom is -0.382 e. The van der Waals surface area contributed by atoms with Gasteiger partial charge in [-0.3, -0.25) is 39.9 Å². The summed E-state index contributed by atoms with van der Waals surface area (Å²) >= 11 is 0. The van der Waals surface area contributed by atoms with Gasteiger partial charge in [-0.25, -0.2) is 42.3 Å². The van der Waals surface area contributed by atoms with Crippen LogP contribution < -0.4 is 21.3 Å². The number of hydrogen-bond acceptors (Lipinski definition) is 20. The first-order valence-electron chi connectivity index (χ1n) is 43.0. The molecule has 658 valence electrons. The zero-order valence-electron chi connectivity index (χ0n) is 70.5. The minimum atomic E-state index is -4.52. The number of anilines is 4. The van der Waals surface area contributed by atoms with Crippen LogP contribution in [0.25, 0.3) is 87.6 Å². The lowest BCUT2D eigenvalue weighted by Crippen LogP contribution is -2.46. The molecule has 4 aliphatic heterocycles. The molecule has 0 unspecified atom stereocenters. The molecule has 2 saturated carbocycles. The van der Waals surface area contributed by atoms with Crippen molar-refractivity contribution in [2.24, 2.45) is 0 Å². The second kappa shape index (κ2) is 39.7. The highest BCUT2D eigenvalue weighted by Crippen LogP contribution is 2.40. The van der Waals surface area contributed by atoms with Crippen molar-refractivity contribution in [2.75, 3.05) is 73.6 Å². The highest BCUT2D eigenvalue weighted by Gasteiger charge is 2.40. The van der Waals surface area contributed by atoms with Crippen molar-refractivity contribution in [3.63, 3.8) is 0 Å². The molecule has 6 fully saturated rings. The van der Waals surface area contributed by atoms with E-state index in [9.17, 15) is 51.2 Å². The minimum absolute atomic E-state index is 0.0213. The van der Waals surface area contributed by atoms with Gasteiger partial charge in [-0.2, -0.15) is 26.2 Å². The first-order chi connectivity index (χ1) is 60.2. The van der Waals surface area contributed by atoms with Crippen LogP contribution in [0.4, 0.5) is 40.3 Å². The summed E-state index contributed by atoms with van der Waals surface area (Å²) in [6, 6.07) is 41.6. The summed E-state index contributed by atoms with van der Waals surface area (Å²) in [6.07, 6.45) is 35.4. The number of benzene rings is 4. The Kier molecular flexibility index (Phi) is 28.4. The first kappa shape index (κ1) is 89.5. The molecular weight excluding hydrogens is 1670 g/mol. The average Bonchev–Trinajstić information content (AvgIpc) is 0.934. The van der Waals surface area contributed by atoms with E-state index in [4.69, 9.17) is 0 Å². The molecule has 2 aliphatic carbocycles. The van der Waals surface area contributed by atoms with Gasteiger partial charge in [0.15, 0.2) is 0 Å². The van der Waals surface area contributed by atoms with E-state index in [-0.39, 0.29) is 60.8 Å². The van der Waals surface area contributed by atoms with Crippen LogP contribution in [0.5, 0.6) is 0 Å². The number of sulfonamides is 4. The van der Waals surface area contributed by atoms with Gasteiger partial charge in [0, 0.05) is 224 Å². The molecule has 0 amide bonds. The summed E-state index contributed by atoms with van der Waals surface area (Å²) in [5, 5.41) is 22.4. The summed E-state index contributed by atoms with van der Waals surface area (Å²) < 4.78 is 155. The SMILES string of the molecule is Cc1cc(-c2cc(NC3CCN(S(=O)(=O)C(F)F)CC3)c3cnccc3c2)ccn1.Cc1cc(-c2cc(NC3CCN(S(=O)(=O)C4CCCC4)CC3)c3cnccc3c2)ccn1.Cc1cc(-c2cc(NC3CCN(S(=O)(=O)C4CCCCC4)CC3)c3cnccc3c2)ccn1.Cc1ccc(-c2cc(NC3CCN(S(=O)(=O)C(F)F)CC3)c3cnccc3c2)cn1. The zero-order valence-corrected chi connectivity index (χ0v) is 73.8. The van der Waals surface area contributed by atoms with Gasteiger partial charge in [-0.1, -0.05) is 38.2 Å². The molecule has 0 radical (unpaired) electrons. The number of nitrogens with zero attached hydrogens (tertiary/aromatic N) is 12. The molecule has 24 nitrogen and oxygen atoms in total. The maximum Gasteiger partial charge on any atom is 0.350 e. The summed E-state index contributed by atoms with van der Waals surface area (Å²) in [4.78, 5) is 34.4. The van der Waals surface area contributed by atoms with E-state index in [0.717, 1.165) is 219 Å². The molecule has 8 aromatic heterocycles. The van der Waals surface area contributed by atoms with E-state index in [1.807, 2.05) is 144 Å². The van der Waals surface area contributed by atoms with Crippen molar-refractivity contribution in [3.8, 4) is 44.5 Å². The Hall–Kier alpha value is -10.3. The van der Waals surface area contributed by atoms with Gasteiger partial charge < -0.3 is 21.3 Å². The number of piperidine rings is 4. The predicted molar refractivity (Wildman–Crippen MR) is 489 cm³/mol. The summed E-state index contributed by atoms with van der Waals surface area (Å²) in [6.45, 7) is 10.5. The lowest BCUT2D eigenvalue weighted by molar-refractivity contribution is 0.212. The van der Waals surface area contributed by atoms with Crippen molar-refractivity contribution in [1.29, 1.82) is 0 Å². The maximum absolute atomic E-state index is 13.1. The molecule has 18 rings (SSSR count). The van der Waals surface area contributed by atoms with E-state index in [0.29, 0.717) is 51.9 Å². The number of hydrogen-bond donors (Lipinski definition) is 4. The van der Waals surface area contributed by atoms with Gasteiger partial charge >= 0.3 is 11.5 Å².